The average molecular weight is 285 g/mol. The van der Waals surface area contributed by atoms with Gasteiger partial charge in [0.05, 0.1) is 10.9 Å². The first-order chi connectivity index (χ1) is 9.81. The van der Waals surface area contributed by atoms with Crippen LogP contribution in [-0.4, -0.2) is 10.8 Å². The van der Waals surface area contributed by atoms with Crippen LogP contribution in [0.1, 0.15) is 42.5 Å². The van der Waals surface area contributed by atoms with Gasteiger partial charge in [-0.1, -0.05) is 49.6 Å². The number of hydrogen-bond acceptors (Lipinski definition) is 3. The molecule has 20 heavy (non-hydrogen) atoms. The van der Waals surface area contributed by atoms with Crippen molar-refractivity contribution in [2.24, 2.45) is 0 Å². The molecule has 1 heterocycles. The second-order valence-electron chi connectivity index (χ2n) is 5.58. The molecule has 0 radical (unpaired) electrons. The summed E-state index contributed by atoms with van der Waals surface area (Å²) in [5, 5.41) is 0. The summed E-state index contributed by atoms with van der Waals surface area (Å²) >= 11 is 1.58. The lowest BCUT2D eigenvalue weighted by Crippen LogP contribution is -2.39. The Morgan fingerprint density at radius 1 is 1.15 bits per heavy atom. The number of aromatic nitrogens is 1. The number of hydrogen-bond donors (Lipinski definition) is 0. The molecule has 0 N–H and O–H groups in total. The van der Waals surface area contributed by atoms with E-state index < -0.39 is 0 Å². The van der Waals surface area contributed by atoms with E-state index in [2.05, 4.69) is 17.1 Å². The van der Waals surface area contributed by atoms with Crippen molar-refractivity contribution in [3.63, 3.8) is 0 Å². The van der Waals surface area contributed by atoms with Gasteiger partial charge in [-0.25, -0.2) is 0 Å². The van der Waals surface area contributed by atoms with Crippen LogP contribution in [0.2, 0.25) is 0 Å². The molecule has 0 bridgehead atoms. The fourth-order valence-electron chi connectivity index (χ4n) is 3.30. The van der Waals surface area contributed by atoms with Gasteiger partial charge in [0.2, 0.25) is 0 Å². The Kier molecular flexibility index (Phi) is 3.97. The van der Waals surface area contributed by atoms with Gasteiger partial charge >= 0.3 is 0 Å². The average Bonchev–Trinajstić information content (AvgIpc) is 3.02. The highest BCUT2D eigenvalue weighted by Gasteiger charge is 2.40. The maximum Gasteiger partial charge on any atom is 0.148 e. The highest BCUT2D eigenvalue weighted by molar-refractivity contribution is 7.09. The molecule has 0 aliphatic heterocycles. The summed E-state index contributed by atoms with van der Waals surface area (Å²) in [5.41, 5.74) is 2.75. The van der Waals surface area contributed by atoms with E-state index in [1.165, 1.54) is 12.0 Å². The van der Waals surface area contributed by atoms with Crippen molar-refractivity contribution in [2.45, 2.75) is 43.9 Å². The molecular formula is C17H19NOS. The zero-order valence-electron chi connectivity index (χ0n) is 11.5. The third-order valence-electron chi connectivity index (χ3n) is 4.39. The van der Waals surface area contributed by atoms with Crippen molar-refractivity contribution in [1.82, 2.24) is 4.98 Å². The molecule has 0 atom stereocenters. The molecule has 1 aromatic carbocycles. The molecule has 0 spiro atoms. The molecule has 3 rings (SSSR count). The highest BCUT2D eigenvalue weighted by Crippen LogP contribution is 2.41. The number of benzene rings is 1. The van der Waals surface area contributed by atoms with Crippen LogP contribution in [0.5, 0.6) is 0 Å². The van der Waals surface area contributed by atoms with Crippen LogP contribution in [0, 0.1) is 0 Å². The zero-order valence-corrected chi connectivity index (χ0v) is 12.4. The number of rotatable bonds is 4. The van der Waals surface area contributed by atoms with Gasteiger partial charge in [0.15, 0.2) is 0 Å². The SMILES string of the molecule is O=C(Cc1cncs1)C1(c2ccccc2)CCCCC1. The van der Waals surface area contributed by atoms with E-state index in [0.29, 0.717) is 12.2 Å². The standard InChI is InChI=1S/C17H19NOS/c19-16(11-15-12-18-13-20-15)17(9-5-2-6-10-17)14-7-3-1-4-8-14/h1,3-4,7-8,12-13H,2,5-6,9-11H2. The topological polar surface area (TPSA) is 30.0 Å². The van der Waals surface area contributed by atoms with E-state index >= 15 is 0 Å². The van der Waals surface area contributed by atoms with Crippen LogP contribution in [0.3, 0.4) is 0 Å². The molecular weight excluding hydrogens is 266 g/mol. The van der Waals surface area contributed by atoms with Gasteiger partial charge in [0, 0.05) is 17.5 Å². The molecule has 0 amide bonds. The fraction of sp³-hybridized carbons (Fsp3) is 0.412. The quantitative estimate of drug-likeness (QED) is 0.844. The second-order valence-corrected chi connectivity index (χ2v) is 6.55. The molecule has 2 nitrogen and oxygen atoms in total. The minimum atomic E-state index is -0.260. The van der Waals surface area contributed by atoms with Crippen LogP contribution >= 0.6 is 11.3 Å². The normalized spacial score (nSPS) is 17.8. The number of ketones is 1. The Hall–Kier alpha value is -1.48. The Labute approximate surface area is 123 Å². The van der Waals surface area contributed by atoms with Crippen molar-refractivity contribution < 1.29 is 4.79 Å². The number of carbonyl (C=O) groups is 1. The number of carbonyl (C=O) groups excluding carboxylic acids is 1. The van der Waals surface area contributed by atoms with Crippen LogP contribution < -0.4 is 0 Å². The number of thiazole rings is 1. The lowest BCUT2D eigenvalue weighted by Gasteiger charge is -2.36. The predicted octanol–water partition coefficient (Wildman–Crippen LogP) is 4.16. The molecule has 1 fully saturated rings. The monoisotopic (exact) mass is 285 g/mol. The van der Waals surface area contributed by atoms with E-state index in [-0.39, 0.29) is 5.41 Å². The van der Waals surface area contributed by atoms with Crippen LogP contribution in [0.15, 0.2) is 42.0 Å². The fourth-order valence-corrected chi connectivity index (χ4v) is 3.89. The van der Waals surface area contributed by atoms with Gasteiger partial charge < -0.3 is 0 Å². The van der Waals surface area contributed by atoms with E-state index in [0.717, 1.165) is 30.6 Å². The summed E-state index contributed by atoms with van der Waals surface area (Å²) in [7, 11) is 0. The lowest BCUT2D eigenvalue weighted by atomic mass is 9.66. The smallest absolute Gasteiger partial charge is 0.148 e. The molecule has 1 aliphatic carbocycles. The first kappa shape index (κ1) is 13.5. The van der Waals surface area contributed by atoms with Crippen LogP contribution in [-0.2, 0) is 16.6 Å². The van der Waals surface area contributed by atoms with E-state index in [9.17, 15) is 4.79 Å². The van der Waals surface area contributed by atoms with Gasteiger partial charge in [-0.2, -0.15) is 0 Å². The first-order valence-corrected chi connectivity index (χ1v) is 8.15. The summed E-state index contributed by atoms with van der Waals surface area (Å²) in [6.45, 7) is 0. The largest absolute Gasteiger partial charge is 0.298 e. The predicted molar refractivity (Wildman–Crippen MR) is 82.0 cm³/mol. The Morgan fingerprint density at radius 3 is 2.55 bits per heavy atom. The molecule has 104 valence electrons. The Morgan fingerprint density at radius 2 is 1.90 bits per heavy atom. The first-order valence-electron chi connectivity index (χ1n) is 7.27. The van der Waals surface area contributed by atoms with E-state index in [4.69, 9.17) is 0 Å². The Bertz CT molecular complexity index is 556. The molecule has 1 aromatic heterocycles. The minimum Gasteiger partial charge on any atom is -0.298 e. The summed E-state index contributed by atoms with van der Waals surface area (Å²) in [5.74, 6) is 0.368. The summed E-state index contributed by atoms with van der Waals surface area (Å²) < 4.78 is 0. The molecule has 3 heteroatoms. The maximum atomic E-state index is 13.0. The summed E-state index contributed by atoms with van der Waals surface area (Å²) in [6.07, 6.45) is 7.90. The molecule has 0 unspecified atom stereocenters. The van der Waals surface area contributed by atoms with Crippen LogP contribution in [0.25, 0.3) is 0 Å². The molecule has 1 saturated carbocycles. The van der Waals surface area contributed by atoms with Crippen LogP contribution in [0.4, 0.5) is 0 Å². The van der Waals surface area contributed by atoms with Crippen molar-refractivity contribution in [3.05, 3.63) is 52.5 Å². The van der Waals surface area contributed by atoms with E-state index in [1.54, 1.807) is 16.8 Å². The minimum absolute atomic E-state index is 0.260. The van der Waals surface area contributed by atoms with Gasteiger partial charge in [-0.3, -0.25) is 9.78 Å². The summed E-state index contributed by atoms with van der Waals surface area (Å²) in [4.78, 5) is 18.1. The third kappa shape index (κ3) is 2.55. The maximum absolute atomic E-state index is 13.0. The van der Waals surface area contributed by atoms with Gasteiger partial charge in [0.1, 0.15) is 5.78 Å². The summed E-state index contributed by atoms with van der Waals surface area (Å²) in [6, 6.07) is 10.4. The van der Waals surface area contributed by atoms with Gasteiger partial charge in [0.25, 0.3) is 0 Å². The lowest BCUT2D eigenvalue weighted by molar-refractivity contribution is -0.125. The van der Waals surface area contributed by atoms with Gasteiger partial charge in [-0.15, -0.1) is 11.3 Å². The molecule has 1 aliphatic rings. The second kappa shape index (κ2) is 5.88. The van der Waals surface area contributed by atoms with Crippen molar-refractivity contribution in [3.8, 4) is 0 Å². The van der Waals surface area contributed by atoms with Gasteiger partial charge in [-0.05, 0) is 18.4 Å². The molecule has 0 saturated heterocycles. The van der Waals surface area contributed by atoms with E-state index in [1.807, 2.05) is 24.4 Å². The number of nitrogens with zero attached hydrogens (tertiary/aromatic N) is 1. The molecule has 2 aromatic rings. The Balaban J connectivity index is 1.91. The zero-order chi connectivity index (χ0) is 13.8. The third-order valence-corrected chi connectivity index (χ3v) is 5.17. The van der Waals surface area contributed by atoms with Crippen molar-refractivity contribution in [1.29, 1.82) is 0 Å². The number of Topliss-reactive ketones (excluding diaryl/α,β-unsaturated/α-hetero) is 1. The van der Waals surface area contributed by atoms with Crippen molar-refractivity contribution >= 4 is 17.1 Å². The highest BCUT2D eigenvalue weighted by atomic mass is 32.1. The van der Waals surface area contributed by atoms with Crippen molar-refractivity contribution in [2.75, 3.05) is 0 Å².